The molecule has 2 N–H and O–H groups in total. The van der Waals surface area contributed by atoms with Crippen LogP contribution in [0.25, 0.3) is 0 Å². The third-order valence-electron chi connectivity index (χ3n) is 6.40. The van der Waals surface area contributed by atoms with Crippen LogP contribution >= 0.6 is 63.7 Å². The maximum absolute atomic E-state index is 9.10. The Morgan fingerprint density at radius 3 is 0.981 bits per heavy atom. The Morgan fingerprint density at radius 2 is 0.868 bits per heavy atom. The predicted octanol–water partition coefficient (Wildman–Crippen LogP) is 8.68. The summed E-state index contributed by atoms with van der Waals surface area (Å²) in [7, 11) is -0.755. The Balaban J connectivity index is -0.0000000793. The number of hydrogen-bond donors (Lipinski definition) is 2. The van der Waals surface area contributed by atoms with E-state index in [0.717, 1.165) is 21.1 Å². The molecule has 0 aromatic heterocycles. The topological polar surface area (TPSA) is 105 Å². The quantitative estimate of drug-likeness (QED) is 0.101. The second-order valence-corrected chi connectivity index (χ2v) is 18.6. The molecule has 53 heavy (non-hydrogen) atoms. The SMILES string of the molecule is BrCBr.C.C.CC(C)(O)C(C)(C)O.CC(C)OB(CBr)OC(C)C.CC(C)OB(OC(C)C)OC(C)C.CC1(C)OB(CBr)OC1(C)C.[CH2-]CCC.[Li+]. The van der Waals surface area contributed by atoms with Gasteiger partial charge in [-0.1, -0.05) is 91.9 Å². The van der Waals surface area contributed by atoms with Crippen LogP contribution in [-0.2, 0) is 32.6 Å². The molecule has 0 aromatic carbocycles. The van der Waals surface area contributed by atoms with Gasteiger partial charge in [0, 0.05) is 41.0 Å². The maximum atomic E-state index is 9.10. The summed E-state index contributed by atoms with van der Waals surface area (Å²) in [5.41, 5.74) is -2.39. The van der Waals surface area contributed by atoms with Crippen LogP contribution in [0.1, 0.15) is 159 Å². The summed E-state index contributed by atoms with van der Waals surface area (Å²) < 4.78 is 39.3. The van der Waals surface area contributed by atoms with Crippen molar-refractivity contribution in [3.8, 4) is 0 Å². The molecule has 0 aliphatic carbocycles. The smallest absolute Gasteiger partial charge is 0.408 e. The molecule has 0 bridgehead atoms. The standard InChI is InChI=1S/C9H21BO3.C7H14BBrO2.C7H16BBrO2.C6H14O2.C4H9.CH2Br2.2CH4.Li/c1-7(2)11-10(12-8(3)4)13-9(5)6;1-6(2)7(3,4)11-8(5-9)10-6;1-6(2)10-8(5-9)11-7(3)4;1-5(2,7)6(3,4)8;1-3-4-2;2-1-3;;;/h7-9H,1-6H3;5H2,1-4H3;6-7H,5H2,1-4H3;7-8H,1-4H3;1,3-4H2,2H3;1H2;2*1H4;/q;;;;-1;;;;+1. The fourth-order valence-corrected chi connectivity index (χ4v) is 3.07. The van der Waals surface area contributed by atoms with Gasteiger partial charge in [-0.3, -0.25) is 0 Å². The van der Waals surface area contributed by atoms with E-state index in [1.165, 1.54) is 6.42 Å². The van der Waals surface area contributed by atoms with Gasteiger partial charge < -0.3 is 49.7 Å². The van der Waals surface area contributed by atoms with E-state index in [0.29, 0.717) is 0 Å². The van der Waals surface area contributed by atoms with Gasteiger partial charge in [0.15, 0.2) is 0 Å². The van der Waals surface area contributed by atoms with Gasteiger partial charge in [0.2, 0.25) is 0 Å². The molecule has 1 heterocycles. The van der Waals surface area contributed by atoms with Crippen LogP contribution in [0.5, 0.6) is 0 Å². The van der Waals surface area contributed by atoms with Crippen molar-refractivity contribution in [1.29, 1.82) is 0 Å². The molecule has 0 unspecified atom stereocenters. The van der Waals surface area contributed by atoms with E-state index in [2.05, 4.69) is 105 Å². The van der Waals surface area contributed by atoms with Crippen molar-refractivity contribution in [1.82, 2.24) is 0 Å². The molecule has 0 amide bonds. The van der Waals surface area contributed by atoms with E-state index in [9.17, 15) is 0 Å². The first kappa shape index (κ1) is 72.9. The van der Waals surface area contributed by atoms with Gasteiger partial charge in [0.05, 0.1) is 26.6 Å². The Labute approximate surface area is 377 Å². The van der Waals surface area contributed by atoms with Crippen LogP contribution < -0.4 is 18.9 Å². The van der Waals surface area contributed by atoms with Gasteiger partial charge in [-0.15, -0.1) is 0 Å². The Bertz CT molecular complexity index is 682. The summed E-state index contributed by atoms with van der Waals surface area (Å²) >= 11 is 12.8. The second kappa shape index (κ2) is 39.8. The third kappa shape index (κ3) is 48.6. The number of rotatable bonds is 14. The van der Waals surface area contributed by atoms with E-state index in [1.54, 1.807) is 27.7 Å². The van der Waals surface area contributed by atoms with Crippen molar-refractivity contribution in [2.24, 2.45) is 0 Å². The number of unbranched alkanes of at least 4 members (excludes halogenated alkanes) is 1. The summed E-state index contributed by atoms with van der Waals surface area (Å²) in [6.07, 6.45) is 3.06. The molecule has 0 aromatic rings. The first-order valence-corrected chi connectivity index (χ1v) is 22.0. The summed E-state index contributed by atoms with van der Waals surface area (Å²) in [6.45, 7) is 40.0. The second-order valence-electron chi connectivity index (χ2n) is 14.7. The molecule has 0 saturated carbocycles. The predicted molar refractivity (Wildman–Crippen MR) is 245 cm³/mol. The van der Waals surface area contributed by atoms with Crippen molar-refractivity contribution in [2.45, 2.75) is 212 Å². The van der Waals surface area contributed by atoms with E-state index in [4.69, 9.17) is 42.8 Å². The van der Waals surface area contributed by atoms with Gasteiger partial charge in [0.25, 0.3) is 0 Å². The molecule has 17 heteroatoms. The number of alkyl halides is 4. The molecule has 0 radical (unpaired) electrons. The molecule has 1 saturated heterocycles. The monoisotopic (exact) mass is 1020 g/mol. The third-order valence-corrected chi connectivity index (χ3v) is 7.46. The zero-order valence-electron chi connectivity index (χ0n) is 36.1. The summed E-state index contributed by atoms with van der Waals surface area (Å²) in [5, 5.41) is 19.7. The minimum Gasteiger partial charge on any atom is -0.408 e. The fraction of sp³-hybridized carbons (Fsp3) is 0.972. The van der Waals surface area contributed by atoms with Gasteiger partial charge in [-0.2, -0.15) is 6.42 Å². The molecule has 1 aliphatic heterocycles. The van der Waals surface area contributed by atoms with E-state index < -0.39 is 18.5 Å². The minimum absolute atomic E-state index is 0. The van der Waals surface area contributed by atoms with Crippen molar-refractivity contribution < 1.29 is 61.7 Å². The molecule has 9 nitrogen and oxygen atoms in total. The largest absolute Gasteiger partial charge is 1.00 e. The van der Waals surface area contributed by atoms with Crippen LogP contribution in [-0.4, -0.2) is 99.4 Å². The fourth-order valence-electron chi connectivity index (χ4n) is 2.50. The van der Waals surface area contributed by atoms with Crippen molar-refractivity contribution >= 4 is 85.3 Å². The first-order chi connectivity index (χ1) is 22.4. The van der Waals surface area contributed by atoms with Crippen molar-refractivity contribution in [3.05, 3.63) is 6.92 Å². The van der Waals surface area contributed by atoms with Crippen LogP contribution in [0.15, 0.2) is 0 Å². The molecule has 320 valence electrons. The zero-order chi connectivity index (χ0) is 41.1. The van der Waals surface area contributed by atoms with Crippen LogP contribution in [0.4, 0.5) is 0 Å². The summed E-state index contributed by atoms with van der Waals surface area (Å²) in [5.74, 6) is 0. The first-order valence-electron chi connectivity index (χ1n) is 17.6. The molecule has 0 spiro atoms. The van der Waals surface area contributed by atoms with Crippen LogP contribution in [0.2, 0.25) is 0 Å². The zero-order valence-corrected chi connectivity index (χ0v) is 42.5. The maximum Gasteiger partial charge on any atom is 1.00 e. The molecule has 0 atom stereocenters. The number of aliphatic hydroxyl groups is 2. The van der Waals surface area contributed by atoms with E-state index in [-0.39, 0.29) is 89.7 Å². The van der Waals surface area contributed by atoms with Gasteiger partial charge in [-0.25, -0.2) is 0 Å². The molecular formula is C36H84B3Br4LiO9. The molecule has 1 aliphatic rings. The average molecular weight is 1020 g/mol. The molecule has 1 fully saturated rings. The average Bonchev–Trinajstić information content (AvgIpc) is 3.13. The number of halogens is 4. The van der Waals surface area contributed by atoms with Crippen LogP contribution in [0.3, 0.4) is 0 Å². The van der Waals surface area contributed by atoms with Crippen molar-refractivity contribution in [3.63, 3.8) is 0 Å². The minimum atomic E-state index is -1.01. The van der Waals surface area contributed by atoms with Gasteiger partial charge in [-0.05, 0) is 125 Å². The van der Waals surface area contributed by atoms with Crippen molar-refractivity contribution in [2.75, 3.05) is 14.7 Å². The summed E-state index contributed by atoms with van der Waals surface area (Å²) in [6, 6.07) is 0. The Hall–Kier alpha value is 2.35. The number of hydrogen-bond acceptors (Lipinski definition) is 9. The normalized spacial score (nSPS) is 14.0. The van der Waals surface area contributed by atoms with Crippen LogP contribution in [0, 0.1) is 6.92 Å². The molecular weight excluding hydrogens is 935 g/mol. The van der Waals surface area contributed by atoms with E-state index >= 15 is 0 Å². The van der Waals surface area contributed by atoms with Gasteiger partial charge >= 0.3 is 40.4 Å². The molecule has 1 rings (SSSR count). The van der Waals surface area contributed by atoms with E-state index in [1.807, 2.05) is 69.2 Å². The summed E-state index contributed by atoms with van der Waals surface area (Å²) in [4.78, 5) is 0. The van der Waals surface area contributed by atoms with Gasteiger partial charge in [0.1, 0.15) is 0 Å². The Morgan fingerprint density at radius 1 is 0.642 bits per heavy atom. The Kier molecular flexibility index (Phi) is 54.8.